The summed E-state index contributed by atoms with van der Waals surface area (Å²) in [5, 5.41) is 16.1. The summed E-state index contributed by atoms with van der Waals surface area (Å²) in [6.07, 6.45) is 2.29. The fraction of sp³-hybridized carbons (Fsp3) is 0.636. The average molecular weight is 266 g/mol. The van der Waals surface area contributed by atoms with Crippen LogP contribution in [0.2, 0.25) is 0 Å². The lowest BCUT2D eigenvalue weighted by Gasteiger charge is -2.23. The highest BCUT2D eigenvalue weighted by Gasteiger charge is 2.23. The molecule has 1 aliphatic rings. The molecule has 0 saturated carbocycles. The number of carbonyl (C=O) groups excluding carboxylic acids is 2. The van der Waals surface area contributed by atoms with E-state index in [1.165, 1.54) is 0 Å². The quantitative estimate of drug-likeness (QED) is 0.575. The zero-order valence-electron chi connectivity index (χ0n) is 10.8. The molecule has 0 aromatic carbocycles. The molecule has 1 aromatic rings. The van der Waals surface area contributed by atoms with Crippen molar-refractivity contribution in [3.05, 3.63) is 12.2 Å². The normalized spacial score (nSPS) is 19.0. The van der Waals surface area contributed by atoms with Crippen molar-refractivity contribution in [3.8, 4) is 0 Å². The number of rotatable bonds is 5. The molecule has 2 rings (SSSR count). The Morgan fingerprint density at radius 2 is 2.47 bits per heavy atom. The Labute approximate surface area is 111 Å². The highest BCUT2D eigenvalue weighted by Crippen LogP contribution is 1.95. The van der Waals surface area contributed by atoms with E-state index in [2.05, 4.69) is 26.1 Å². The Bertz CT molecular complexity index is 458. The minimum Gasteiger partial charge on any atom is -0.354 e. The lowest BCUT2D eigenvalue weighted by Crippen LogP contribution is -2.58. The number of nitrogens with zero attached hydrogens (tertiary/aromatic N) is 3. The molecule has 1 atom stereocenters. The van der Waals surface area contributed by atoms with Gasteiger partial charge in [0.25, 0.3) is 0 Å². The molecule has 8 nitrogen and oxygen atoms in total. The molecule has 2 heterocycles. The van der Waals surface area contributed by atoms with E-state index in [0.717, 1.165) is 12.4 Å². The van der Waals surface area contributed by atoms with Gasteiger partial charge in [0.15, 0.2) is 0 Å². The van der Waals surface area contributed by atoms with Crippen LogP contribution in [0.15, 0.2) is 6.33 Å². The third kappa shape index (κ3) is 3.50. The van der Waals surface area contributed by atoms with E-state index in [1.54, 1.807) is 6.33 Å². The van der Waals surface area contributed by atoms with Crippen molar-refractivity contribution >= 4 is 11.8 Å². The van der Waals surface area contributed by atoms with Crippen LogP contribution in [-0.4, -0.2) is 52.3 Å². The van der Waals surface area contributed by atoms with Gasteiger partial charge in [-0.2, -0.15) is 0 Å². The van der Waals surface area contributed by atoms with Gasteiger partial charge in [0.2, 0.25) is 11.8 Å². The molecule has 1 fully saturated rings. The Morgan fingerprint density at radius 1 is 1.63 bits per heavy atom. The maximum absolute atomic E-state index is 11.8. The summed E-state index contributed by atoms with van der Waals surface area (Å²) < 4.78 is 1.93. The van der Waals surface area contributed by atoms with Gasteiger partial charge >= 0.3 is 0 Å². The second-order valence-electron chi connectivity index (χ2n) is 4.33. The summed E-state index contributed by atoms with van der Waals surface area (Å²) in [6.45, 7) is 4.02. The van der Waals surface area contributed by atoms with Crippen LogP contribution in [-0.2, 0) is 22.6 Å². The summed E-state index contributed by atoms with van der Waals surface area (Å²) in [5.74, 6) is 0.508. The highest BCUT2D eigenvalue weighted by atomic mass is 16.2. The third-order valence-electron chi connectivity index (χ3n) is 2.97. The van der Waals surface area contributed by atoms with Crippen LogP contribution in [0, 0.1) is 0 Å². The number of piperazine rings is 1. The largest absolute Gasteiger partial charge is 0.354 e. The smallest absolute Gasteiger partial charge is 0.243 e. The van der Waals surface area contributed by atoms with Gasteiger partial charge in [-0.05, 0) is 6.92 Å². The number of aromatic nitrogens is 3. The first-order valence-corrected chi connectivity index (χ1v) is 6.35. The standard InChI is InChI=1S/C11H18N6O2/c1-2-17-7-14-16-9(17)3-4-13-11(19)8-5-12-6-10(18)15-8/h7-8,12H,2-6H2,1H3,(H,13,19)(H,15,18)/t8-/m0/s1. The van der Waals surface area contributed by atoms with Gasteiger partial charge in [-0.1, -0.05) is 0 Å². The monoisotopic (exact) mass is 266 g/mol. The second kappa shape index (κ2) is 6.28. The predicted octanol–water partition coefficient (Wildman–Crippen LogP) is -1.96. The van der Waals surface area contributed by atoms with Gasteiger partial charge in [0.1, 0.15) is 18.2 Å². The van der Waals surface area contributed by atoms with Gasteiger partial charge in [0.05, 0.1) is 6.54 Å². The molecule has 1 saturated heterocycles. The summed E-state index contributed by atoms with van der Waals surface area (Å²) in [4.78, 5) is 23.0. The first kappa shape index (κ1) is 13.5. The maximum Gasteiger partial charge on any atom is 0.243 e. The van der Waals surface area contributed by atoms with Crippen LogP contribution < -0.4 is 16.0 Å². The number of carbonyl (C=O) groups is 2. The molecule has 104 valence electrons. The molecule has 0 radical (unpaired) electrons. The maximum atomic E-state index is 11.8. The van der Waals surface area contributed by atoms with Crippen molar-refractivity contribution < 1.29 is 9.59 Å². The van der Waals surface area contributed by atoms with Gasteiger partial charge in [0, 0.05) is 26.1 Å². The van der Waals surface area contributed by atoms with Crippen LogP contribution in [0.3, 0.4) is 0 Å². The minimum atomic E-state index is -0.495. The minimum absolute atomic E-state index is 0.155. The number of amides is 2. The van der Waals surface area contributed by atoms with Gasteiger partial charge < -0.3 is 20.5 Å². The fourth-order valence-electron chi connectivity index (χ4n) is 1.94. The van der Waals surface area contributed by atoms with Crippen molar-refractivity contribution in [1.82, 2.24) is 30.7 Å². The zero-order chi connectivity index (χ0) is 13.7. The lowest BCUT2D eigenvalue weighted by molar-refractivity contribution is -0.130. The molecule has 2 amide bonds. The van der Waals surface area contributed by atoms with E-state index in [0.29, 0.717) is 19.5 Å². The molecule has 3 N–H and O–H groups in total. The molecule has 1 aromatic heterocycles. The van der Waals surface area contributed by atoms with Crippen LogP contribution in [0.25, 0.3) is 0 Å². The van der Waals surface area contributed by atoms with Crippen molar-refractivity contribution in [1.29, 1.82) is 0 Å². The van der Waals surface area contributed by atoms with Crippen molar-refractivity contribution in [2.24, 2.45) is 0 Å². The molecule has 0 spiro atoms. The van der Waals surface area contributed by atoms with E-state index in [9.17, 15) is 9.59 Å². The third-order valence-corrected chi connectivity index (χ3v) is 2.97. The lowest BCUT2D eigenvalue weighted by atomic mass is 10.2. The van der Waals surface area contributed by atoms with Gasteiger partial charge in [-0.15, -0.1) is 10.2 Å². The molecule has 8 heteroatoms. The van der Waals surface area contributed by atoms with E-state index in [-0.39, 0.29) is 18.4 Å². The first-order valence-electron chi connectivity index (χ1n) is 6.35. The zero-order valence-corrected chi connectivity index (χ0v) is 10.8. The molecule has 0 bridgehead atoms. The number of hydrogen-bond donors (Lipinski definition) is 3. The van der Waals surface area contributed by atoms with E-state index in [1.807, 2.05) is 11.5 Å². The van der Waals surface area contributed by atoms with Crippen molar-refractivity contribution in [2.45, 2.75) is 25.9 Å². The molecule has 0 unspecified atom stereocenters. The summed E-state index contributed by atoms with van der Waals surface area (Å²) >= 11 is 0. The average Bonchev–Trinajstić information content (AvgIpc) is 2.86. The Balaban J connectivity index is 1.76. The predicted molar refractivity (Wildman–Crippen MR) is 67.2 cm³/mol. The molecular formula is C11H18N6O2. The fourth-order valence-corrected chi connectivity index (χ4v) is 1.94. The highest BCUT2D eigenvalue weighted by molar-refractivity contribution is 5.89. The number of nitrogens with one attached hydrogen (secondary N) is 3. The van der Waals surface area contributed by atoms with E-state index in [4.69, 9.17) is 0 Å². The van der Waals surface area contributed by atoms with E-state index >= 15 is 0 Å². The molecule has 1 aliphatic heterocycles. The second-order valence-corrected chi connectivity index (χ2v) is 4.33. The number of aryl methyl sites for hydroxylation is 1. The van der Waals surface area contributed by atoms with Crippen LogP contribution in [0.4, 0.5) is 0 Å². The van der Waals surface area contributed by atoms with Crippen molar-refractivity contribution in [2.75, 3.05) is 19.6 Å². The summed E-state index contributed by atoms with van der Waals surface area (Å²) in [7, 11) is 0. The SMILES string of the molecule is CCn1cnnc1CCNC(=O)[C@@H]1CNCC(=O)N1. The van der Waals surface area contributed by atoms with Crippen LogP contribution in [0.1, 0.15) is 12.7 Å². The van der Waals surface area contributed by atoms with E-state index < -0.39 is 6.04 Å². The number of hydrogen-bond acceptors (Lipinski definition) is 5. The van der Waals surface area contributed by atoms with Crippen LogP contribution >= 0.6 is 0 Å². The summed E-state index contributed by atoms with van der Waals surface area (Å²) in [6, 6.07) is -0.495. The van der Waals surface area contributed by atoms with Gasteiger partial charge in [-0.3, -0.25) is 9.59 Å². The Hall–Kier alpha value is -1.96. The first-order chi connectivity index (χ1) is 9.20. The van der Waals surface area contributed by atoms with Gasteiger partial charge in [-0.25, -0.2) is 0 Å². The van der Waals surface area contributed by atoms with Crippen LogP contribution in [0.5, 0.6) is 0 Å². The molecular weight excluding hydrogens is 248 g/mol. The van der Waals surface area contributed by atoms with Crippen molar-refractivity contribution in [3.63, 3.8) is 0 Å². The Kier molecular flexibility index (Phi) is 4.45. The summed E-state index contributed by atoms with van der Waals surface area (Å²) in [5.41, 5.74) is 0. The Morgan fingerprint density at radius 3 is 3.21 bits per heavy atom. The molecule has 0 aliphatic carbocycles. The molecule has 19 heavy (non-hydrogen) atoms. The topological polar surface area (TPSA) is 101 Å².